The summed E-state index contributed by atoms with van der Waals surface area (Å²) in [6.45, 7) is 4.06. The number of hydrogen-bond acceptors (Lipinski definition) is 5. The molecule has 94 valence electrons. The van der Waals surface area contributed by atoms with Crippen molar-refractivity contribution in [2.24, 2.45) is 16.3 Å². The van der Waals surface area contributed by atoms with Gasteiger partial charge in [-0.25, -0.2) is 0 Å². The number of carbonyl (C=O) groups is 1. The fourth-order valence-electron chi connectivity index (χ4n) is 1.10. The average molecular weight is 240 g/mol. The van der Waals surface area contributed by atoms with Gasteiger partial charge in [-0.15, -0.1) is 5.10 Å². The van der Waals surface area contributed by atoms with Crippen LogP contribution in [0.1, 0.15) is 13.8 Å². The van der Waals surface area contributed by atoms with Gasteiger partial charge in [0.05, 0.1) is 12.7 Å². The summed E-state index contributed by atoms with van der Waals surface area (Å²) in [6.07, 6.45) is 3.25. The van der Waals surface area contributed by atoms with Crippen LogP contribution in [-0.2, 0) is 11.3 Å². The Kier molecular flexibility index (Phi) is 4.02. The molecule has 0 saturated carbocycles. The molecule has 0 aliphatic heterocycles. The highest BCUT2D eigenvalue weighted by Crippen LogP contribution is 2.14. The Morgan fingerprint density at radius 1 is 1.65 bits per heavy atom. The van der Waals surface area contributed by atoms with Gasteiger partial charge in [-0.05, 0) is 13.8 Å². The molecule has 0 aromatic carbocycles. The van der Waals surface area contributed by atoms with Gasteiger partial charge < -0.3 is 16.3 Å². The van der Waals surface area contributed by atoms with Crippen LogP contribution < -0.4 is 11.1 Å². The molecule has 1 aromatic heterocycles. The van der Waals surface area contributed by atoms with Crippen LogP contribution in [0.25, 0.3) is 0 Å². The standard InChI is InChI=1S/C9H16N6O2/c1-9(2,7(10)13-17)8(16)11-3-5-15-6-4-12-14-15/h4,6,17H,3,5H2,1-2H3,(H2,10,13)(H,11,16). The van der Waals surface area contributed by atoms with E-state index in [2.05, 4.69) is 20.8 Å². The maximum Gasteiger partial charge on any atom is 0.233 e. The summed E-state index contributed by atoms with van der Waals surface area (Å²) in [5.74, 6) is -0.441. The SMILES string of the molecule is CC(C)(C(=O)NCCn1ccnn1)/C(N)=N/O. The van der Waals surface area contributed by atoms with Gasteiger partial charge in [0.1, 0.15) is 5.41 Å². The zero-order valence-electron chi connectivity index (χ0n) is 9.79. The lowest BCUT2D eigenvalue weighted by atomic mass is 9.91. The maximum atomic E-state index is 11.8. The number of amides is 1. The number of carbonyl (C=O) groups excluding carboxylic acids is 1. The number of nitrogens with two attached hydrogens (primary N) is 1. The van der Waals surface area contributed by atoms with Crippen LogP contribution >= 0.6 is 0 Å². The van der Waals surface area contributed by atoms with E-state index >= 15 is 0 Å². The lowest BCUT2D eigenvalue weighted by molar-refractivity contribution is -0.126. The van der Waals surface area contributed by atoms with Crippen LogP contribution in [0.2, 0.25) is 0 Å². The Labute approximate surface area is 98.5 Å². The summed E-state index contributed by atoms with van der Waals surface area (Å²) in [5, 5.41) is 21.5. The van der Waals surface area contributed by atoms with E-state index in [1.807, 2.05) is 0 Å². The van der Waals surface area contributed by atoms with Gasteiger partial charge in [0.15, 0.2) is 5.84 Å². The Hall–Kier alpha value is -2.12. The normalized spacial score (nSPS) is 12.5. The van der Waals surface area contributed by atoms with Crippen molar-refractivity contribution in [2.45, 2.75) is 20.4 Å². The highest BCUT2D eigenvalue weighted by atomic mass is 16.4. The predicted molar refractivity (Wildman–Crippen MR) is 60.2 cm³/mol. The van der Waals surface area contributed by atoms with Crippen molar-refractivity contribution < 1.29 is 10.0 Å². The first-order valence-electron chi connectivity index (χ1n) is 5.09. The molecule has 0 bridgehead atoms. The van der Waals surface area contributed by atoms with Crippen LogP contribution in [0.15, 0.2) is 17.5 Å². The van der Waals surface area contributed by atoms with Gasteiger partial charge in [-0.1, -0.05) is 10.4 Å². The van der Waals surface area contributed by atoms with Crippen LogP contribution in [0.5, 0.6) is 0 Å². The largest absolute Gasteiger partial charge is 0.409 e. The maximum absolute atomic E-state index is 11.8. The van der Waals surface area contributed by atoms with Crippen molar-refractivity contribution in [1.29, 1.82) is 0 Å². The van der Waals surface area contributed by atoms with E-state index in [9.17, 15) is 4.79 Å². The van der Waals surface area contributed by atoms with Crippen molar-refractivity contribution in [3.05, 3.63) is 12.4 Å². The Morgan fingerprint density at radius 2 is 2.35 bits per heavy atom. The van der Waals surface area contributed by atoms with Gasteiger partial charge in [0.25, 0.3) is 0 Å². The monoisotopic (exact) mass is 240 g/mol. The molecule has 0 aliphatic rings. The number of nitrogens with one attached hydrogen (secondary N) is 1. The molecule has 1 heterocycles. The number of aromatic nitrogens is 3. The van der Waals surface area contributed by atoms with E-state index in [0.29, 0.717) is 13.1 Å². The van der Waals surface area contributed by atoms with E-state index in [1.165, 1.54) is 0 Å². The minimum absolute atomic E-state index is 0.129. The predicted octanol–water partition coefficient (Wildman–Crippen LogP) is -0.833. The Balaban J connectivity index is 2.44. The molecule has 8 heteroatoms. The second-order valence-corrected chi connectivity index (χ2v) is 4.03. The second kappa shape index (κ2) is 5.28. The summed E-state index contributed by atoms with van der Waals surface area (Å²) >= 11 is 0. The van der Waals surface area contributed by atoms with Gasteiger partial charge in [0, 0.05) is 12.7 Å². The molecule has 1 aromatic rings. The van der Waals surface area contributed by atoms with E-state index in [4.69, 9.17) is 10.9 Å². The van der Waals surface area contributed by atoms with Gasteiger partial charge in [0.2, 0.25) is 5.91 Å². The minimum atomic E-state index is -1.04. The molecule has 8 nitrogen and oxygen atoms in total. The van der Waals surface area contributed by atoms with Gasteiger partial charge in [-0.3, -0.25) is 9.48 Å². The van der Waals surface area contributed by atoms with Crippen LogP contribution in [0.4, 0.5) is 0 Å². The van der Waals surface area contributed by atoms with Crippen molar-refractivity contribution in [3.63, 3.8) is 0 Å². The highest BCUT2D eigenvalue weighted by Gasteiger charge is 2.32. The number of nitrogens with zero attached hydrogens (tertiary/aromatic N) is 4. The number of amidine groups is 1. The Morgan fingerprint density at radius 3 is 2.88 bits per heavy atom. The van der Waals surface area contributed by atoms with E-state index in [1.54, 1.807) is 30.9 Å². The van der Waals surface area contributed by atoms with Crippen molar-refractivity contribution in [1.82, 2.24) is 20.3 Å². The third-order valence-electron chi connectivity index (χ3n) is 2.41. The first-order valence-corrected chi connectivity index (χ1v) is 5.09. The molecule has 0 radical (unpaired) electrons. The smallest absolute Gasteiger partial charge is 0.233 e. The fourth-order valence-corrected chi connectivity index (χ4v) is 1.10. The first-order chi connectivity index (χ1) is 7.98. The minimum Gasteiger partial charge on any atom is -0.409 e. The molecule has 0 aliphatic carbocycles. The average Bonchev–Trinajstić information content (AvgIpc) is 2.80. The van der Waals surface area contributed by atoms with Crippen molar-refractivity contribution >= 4 is 11.7 Å². The summed E-state index contributed by atoms with van der Waals surface area (Å²) in [4.78, 5) is 11.8. The third kappa shape index (κ3) is 3.16. The third-order valence-corrected chi connectivity index (χ3v) is 2.41. The van der Waals surface area contributed by atoms with Crippen molar-refractivity contribution in [2.75, 3.05) is 6.54 Å². The second-order valence-electron chi connectivity index (χ2n) is 4.03. The lowest BCUT2D eigenvalue weighted by Crippen LogP contribution is -2.46. The van der Waals surface area contributed by atoms with Crippen LogP contribution in [-0.4, -0.2) is 38.5 Å². The molecule has 0 fully saturated rings. The molecule has 0 unspecified atom stereocenters. The lowest BCUT2D eigenvalue weighted by Gasteiger charge is -2.21. The summed E-state index contributed by atoms with van der Waals surface area (Å²) < 4.78 is 1.59. The summed E-state index contributed by atoms with van der Waals surface area (Å²) in [6, 6.07) is 0. The highest BCUT2D eigenvalue weighted by molar-refractivity contribution is 6.05. The number of rotatable bonds is 5. The molecule has 17 heavy (non-hydrogen) atoms. The van der Waals surface area contributed by atoms with E-state index < -0.39 is 5.41 Å². The summed E-state index contributed by atoms with van der Waals surface area (Å²) in [5.41, 5.74) is 4.39. The molecule has 0 saturated heterocycles. The Bertz CT molecular complexity index is 398. The van der Waals surface area contributed by atoms with Crippen LogP contribution in [0.3, 0.4) is 0 Å². The first kappa shape index (κ1) is 12.9. The van der Waals surface area contributed by atoms with Crippen molar-refractivity contribution in [3.8, 4) is 0 Å². The number of oxime groups is 1. The summed E-state index contributed by atoms with van der Waals surface area (Å²) in [7, 11) is 0. The zero-order valence-corrected chi connectivity index (χ0v) is 9.79. The molecule has 4 N–H and O–H groups in total. The molecule has 0 spiro atoms. The van der Waals surface area contributed by atoms with E-state index in [-0.39, 0.29) is 11.7 Å². The van der Waals surface area contributed by atoms with Crippen LogP contribution in [0, 0.1) is 5.41 Å². The zero-order chi connectivity index (χ0) is 12.9. The molecule has 1 rings (SSSR count). The van der Waals surface area contributed by atoms with Gasteiger partial charge in [-0.2, -0.15) is 0 Å². The molecular formula is C9H16N6O2. The fraction of sp³-hybridized carbons (Fsp3) is 0.556. The number of hydrogen-bond donors (Lipinski definition) is 3. The molecule has 0 atom stereocenters. The topological polar surface area (TPSA) is 118 Å². The molecule has 1 amide bonds. The van der Waals surface area contributed by atoms with Gasteiger partial charge >= 0.3 is 0 Å². The quantitative estimate of drug-likeness (QED) is 0.268. The molecular weight excluding hydrogens is 224 g/mol. The van der Waals surface area contributed by atoms with E-state index in [0.717, 1.165) is 0 Å².